The summed E-state index contributed by atoms with van der Waals surface area (Å²) in [6.07, 6.45) is 1.45. The summed E-state index contributed by atoms with van der Waals surface area (Å²) in [6.45, 7) is 0. The number of fused-ring (bicyclic) bond motifs is 2. The molecule has 0 bridgehead atoms. The van der Waals surface area contributed by atoms with Gasteiger partial charge in [-0.3, -0.25) is 14.5 Å². The van der Waals surface area contributed by atoms with Crippen LogP contribution >= 0.6 is 23.2 Å². The van der Waals surface area contributed by atoms with Crippen LogP contribution in [0.25, 0.3) is 11.0 Å². The maximum atomic E-state index is 13.4. The summed E-state index contributed by atoms with van der Waals surface area (Å²) < 4.78 is 5.88. The van der Waals surface area contributed by atoms with Gasteiger partial charge in [0.05, 0.1) is 22.0 Å². The standard InChI is InChI=1S/C22H12Cl2N2O3/c23-13-5-3-4-12(10-13)19-18-20(27)15-6-1-2-7-16(15)29-21(18)22(28)26(19)17-9-8-14(24)11-25-17/h1-11,19H/t19-/m1/s1. The number of anilines is 1. The predicted octanol–water partition coefficient (Wildman–Crippen LogP) is 5.24. The Morgan fingerprint density at radius 1 is 0.931 bits per heavy atom. The quantitative estimate of drug-likeness (QED) is 0.442. The SMILES string of the molecule is O=C1c2oc3ccccc3c(=O)c2[C@@H](c2cccc(Cl)c2)N1c1ccc(Cl)cn1. The monoisotopic (exact) mass is 422 g/mol. The summed E-state index contributed by atoms with van der Waals surface area (Å²) in [5.74, 6) is -0.0719. The van der Waals surface area contributed by atoms with Crippen LogP contribution in [0.15, 0.2) is 76.1 Å². The number of benzene rings is 2. The Morgan fingerprint density at radius 3 is 2.52 bits per heavy atom. The molecule has 1 aliphatic rings. The number of hydrogen-bond donors (Lipinski definition) is 0. The summed E-state index contributed by atoms with van der Waals surface area (Å²) in [7, 11) is 0. The van der Waals surface area contributed by atoms with Crippen LogP contribution in [-0.4, -0.2) is 10.9 Å². The van der Waals surface area contributed by atoms with Crippen molar-refractivity contribution in [3.8, 4) is 0 Å². The van der Waals surface area contributed by atoms with Crippen molar-refractivity contribution in [3.05, 3.63) is 104 Å². The Morgan fingerprint density at radius 2 is 1.76 bits per heavy atom. The van der Waals surface area contributed by atoms with Crippen molar-refractivity contribution in [2.75, 3.05) is 4.90 Å². The first-order valence-electron chi connectivity index (χ1n) is 8.81. The second kappa shape index (κ2) is 6.72. The molecule has 4 aromatic rings. The highest BCUT2D eigenvalue weighted by Crippen LogP contribution is 2.41. The molecular formula is C22H12Cl2N2O3. The van der Waals surface area contributed by atoms with Crippen LogP contribution in [0.3, 0.4) is 0 Å². The van der Waals surface area contributed by atoms with Crippen LogP contribution in [-0.2, 0) is 0 Å². The zero-order valence-corrected chi connectivity index (χ0v) is 16.3. The predicted molar refractivity (Wildman–Crippen MR) is 112 cm³/mol. The molecule has 0 aliphatic carbocycles. The Kier molecular flexibility index (Phi) is 4.15. The van der Waals surface area contributed by atoms with Crippen molar-refractivity contribution in [1.82, 2.24) is 4.98 Å². The van der Waals surface area contributed by atoms with Crippen LogP contribution in [0.5, 0.6) is 0 Å². The van der Waals surface area contributed by atoms with E-state index in [0.29, 0.717) is 32.4 Å². The molecule has 0 spiro atoms. The number of halogens is 2. The maximum Gasteiger partial charge on any atom is 0.296 e. The molecule has 0 saturated carbocycles. The van der Waals surface area contributed by atoms with Crippen molar-refractivity contribution in [3.63, 3.8) is 0 Å². The average Bonchev–Trinajstić information content (AvgIpc) is 3.02. The topological polar surface area (TPSA) is 63.4 Å². The molecule has 5 nitrogen and oxygen atoms in total. The second-order valence-electron chi connectivity index (χ2n) is 6.64. The third-order valence-corrected chi connectivity index (χ3v) is 5.36. The molecule has 5 rings (SSSR count). The van der Waals surface area contributed by atoms with Gasteiger partial charge in [0.25, 0.3) is 5.91 Å². The van der Waals surface area contributed by atoms with Gasteiger partial charge in [-0.2, -0.15) is 0 Å². The van der Waals surface area contributed by atoms with Gasteiger partial charge in [-0.15, -0.1) is 0 Å². The van der Waals surface area contributed by atoms with Crippen LogP contribution in [0.4, 0.5) is 5.82 Å². The summed E-state index contributed by atoms with van der Waals surface area (Å²) in [4.78, 5) is 32.4. The van der Waals surface area contributed by atoms with Gasteiger partial charge in [0.15, 0.2) is 5.43 Å². The summed E-state index contributed by atoms with van der Waals surface area (Å²) in [5, 5.41) is 1.35. The van der Waals surface area contributed by atoms with Gasteiger partial charge in [0.1, 0.15) is 11.4 Å². The van der Waals surface area contributed by atoms with Gasteiger partial charge in [0, 0.05) is 11.2 Å². The van der Waals surface area contributed by atoms with Crippen molar-refractivity contribution in [2.45, 2.75) is 6.04 Å². The first-order chi connectivity index (χ1) is 14.0. The Labute approximate surface area is 175 Å². The molecule has 3 heterocycles. The highest BCUT2D eigenvalue weighted by Gasteiger charge is 2.44. The van der Waals surface area contributed by atoms with E-state index in [4.69, 9.17) is 27.6 Å². The van der Waals surface area contributed by atoms with Gasteiger partial charge < -0.3 is 4.42 Å². The summed E-state index contributed by atoms with van der Waals surface area (Å²) in [5.41, 5.74) is 1.06. The summed E-state index contributed by atoms with van der Waals surface area (Å²) in [6, 6.07) is 16.5. The molecule has 0 radical (unpaired) electrons. The largest absolute Gasteiger partial charge is 0.450 e. The van der Waals surface area contributed by atoms with Crippen molar-refractivity contribution < 1.29 is 9.21 Å². The molecular weight excluding hydrogens is 411 g/mol. The number of para-hydroxylation sites is 1. The number of amides is 1. The fourth-order valence-electron chi connectivity index (χ4n) is 3.66. The minimum Gasteiger partial charge on any atom is -0.450 e. The molecule has 0 unspecified atom stereocenters. The number of pyridine rings is 1. The van der Waals surface area contributed by atoms with Gasteiger partial charge in [0.2, 0.25) is 5.76 Å². The van der Waals surface area contributed by atoms with E-state index < -0.39 is 11.9 Å². The van der Waals surface area contributed by atoms with E-state index in [1.807, 2.05) is 6.07 Å². The highest BCUT2D eigenvalue weighted by molar-refractivity contribution is 6.31. The van der Waals surface area contributed by atoms with Gasteiger partial charge in [-0.1, -0.05) is 47.5 Å². The zero-order valence-electron chi connectivity index (χ0n) is 14.8. The Balaban J connectivity index is 1.82. The average molecular weight is 423 g/mol. The van der Waals surface area contributed by atoms with Crippen LogP contribution in [0, 0.1) is 0 Å². The number of nitrogens with zero attached hydrogens (tertiary/aromatic N) is 2. The summed E-state index contributed by atoms with van der Waals surface area (Å²) >= 11 is 12.2. The number of rotatable bonds is 2. The fourth-order valence-corrected chi connectivity index (χ4v) is 3.97. The van der Waals surface area contributed by atoms with E-state index in [1.54, 1.807) is 54.6 Å². The third kappa shape index (κ3) is 2.82. The number of carbonyl (C=O) groups is 1. The smallest absolute Gasteiger partial charge is 0.296 e. The highest BCUT2D eigenvalue weighted by atomic mass is 35.5. The van der Waals surface area contributed by atoms with E-state index in [-0.39, 0.29) is 16.8 Å². The van der Waals surface area contributed by atoms with Gasteiger partial charge in [-0.05, 0) is 42.0 Å². The van der Waals surface area contributed by atoms with Crippen LogP contribution in [0.2, 0.25) is 10.0 Å². The van der Waals surface area contributed by atoms with Gasteiger partial charge in [-0.25, -0.2) is 4.98 Å². The number of hydrogen-bond acceptors (Lipinski definition) is 4. The lowest BCUT2D eigenvalue weighted by Crippen LogP contribution is -2.30. The zero-order chi connectivity index (χ0) is 20.1. The molecule has 0 fully saturated rings. The molecule has 2 aromatic heterocycles. The second-order valence-corrected chi connectivity index (χ2v) is 7.51. The first-order valence-corrected chi connectivity index (χ1v) is 9.56. The first kappa shape index (κ1) is 17.9. The fraction of sp³-hybridized carbons (Fsp3) is 0.0455. The van der Waals surface area contributed by atoms with Crippen LogP contribution in [0.1, 0.15) is 27.7 Å². The molecule has 2 aromatic carbocycles. The minimum absolute atomic E-state index is 0.00965. The van der Waals surface area contributed by atoms with E-state index >= 15 is 0 Å². The Bertz CT molecular complexity index is 1330. The van der Waals surface area contributed by atoms with Crippen LogP contribution < -0.4 is 10.3 Å². The number of aromatic nitrogens is 1. The van der Waals surface area contributed by atoms with Crippen molar-refractivity contribution in [1.29, 1.82) is 0 Å². The molecule has 142 valence electrons. The van der Waals surface area contributed by atoms with E-state index in [1.165, 1.54) is 11.1 Å². The normalized spacial score (nSPS) is 15.7. The minimum atomic E-state index is -0.717. The van der Waals surface area contributed by atoms with Gasteiger partial charge >= 0.3 is 0 Å². The van der Waals surface area contributed by atoms with E-state index in [9.17, 15) is 9.59 Å². The van der Waals surface area contributed by atoms with Crippen molar-refractivity contribution >= 4 is 45.9 Å². The lowest BCUT2D eigenvalue weighted by atomic mass is 9.98. The third-order valence-electron chi connectivity index (χ3n) is 4.90. The maximum absolute atomic E-state index is 13.4. The number of carbonyl (C=O) groups excluding carboxylic acids is 1. The van der Waals surface area contributed by atoms with E-state index in [0.717, 1.165) is 0 Å². The lowest BCUT2D eigenvalue weighted by Gasteiger charge is -2.24. The van der Waals surface area contributed by atoms with Crippen molar-refractivity contribution in [2.24, 2.45) is 0 Å². The molecule has 1 amide bonds. The molecule has 0 saturated heterocycles. The molecule has 1 aliphatic heterocycles. The molecule has 1 atom stereocenters. The Hall–Kier alpha value is -3.15. The molecule has 0 N–H and O–H groups in total. The molecule has 29 heavy (non-hydrogen) atoms. The lowest BCUT2D eigenvalue weighted by molar-refractivity contribution is 0.0970. The molecule has 7 heteroatoms. The van der Waals surface area contributed by atoms with E-state index in [2.05, 4.69) is 4.98 Å².